The maximum Gasteiger partial charge on any atom is 0.421 e. The predicted octanol–water partition coefficient (Wildman–Crippen LogP) is 2.55. The molecule has 1 unspecified atom stereocenters. The third-order valence-corrected chi connectivity index (χ3v) is 2.26. The first-order chi connectivity index (χ1) is 8.16. The summed E-state index contributed by atoms with van der Waals surface area (Å²) in [5.41, 5.74) is -2.07. The van der Waals surface area contributed by atoms with Gasteiger partial charge in [-0.2, -0.15) is 13.2 Å². The summed E-state index contributed by atoms with van der Waals surface area (Å²) in [6.45, 7) is 2.89. The van der Waals surface area contributed by atoms with Crippen molar-refractivity contribution in [3.05, 3.63) is 35.4 Å². The van der Waals surface area contributed by atoms with E-state index in [1.54, 1.807) is 6.92 Å². The van der Waals surface area contributed by atoms with Gasteiger partial charge in [-0.3, -0.25) is 4.79 Å². The quantitative estimate of drug-likeness (QED) is 0.835. The molecule has 0 saturated carbocycles. The lowest BCUT2D eigenvalue weighted by Gasteiger charge is -2.26. The number of halogens is 3. The van der Waals surface area contributed by atoms with Crippen LogP contribution in [-0.4, -0.2) is 24.9 Å². The average molecular weight is 264 g/mol. The number of benzene rings is 1. The van der Waals surface area contributed by atoms with Gasteiger partial charge in [0.15, 0.2) is 5.60 Å². The fourth-order valence-electron chi connectivity index (χ4n) is 1.04. The van der Waals surface area contributed by atoms with E-state index in [-0.39, 0.29) is 5.56 Å². The van der Waals surface area contributed by atoms with Gasteiger partial charge in [-0.25, -0.2) is 0 Å². The molecule has 1 atom stereocenters. The lowest BCUT2D eigenvalue weighted by molar-refractivity contribution is -0.258. The van der Waals surface area contributed by atoms with E-state index >= 15 is 0 Å². The van der Waals surface area contributed by atoms with Gasteiger partial charge in [-0.15, -0.1) is 0 Å². The zero-order chi connectivity index (χ0) is 14.4. The van der Waals surface area contributed by atoms with Gasteiger partial charge in [0, 0.05) is 0 Å². The Bertz CT molecular complexity index is 369. The van der Waals surface area contributed by atoms with Gasteiger partial charge >= 0.3 is 6.18 Å². The maximum atomic E-state index is 12.4. The van der Waals surface area contributed by atoms with Crippen LogP contribution in [0.15, 0.2) is 24.3 Å². The van der Waals surface area contributed by atoms with E-state index in [2.05, 4.69) is 4.74 Å². The SMILES string of the molecule is COC=O.Cc1ccc(C(C)(O)C(F)(F)F)cc1. The van der Waals surface area contributed by atoms with Crippen LogP contribution in [0.1, 0.15) is 18.1 Å². The second kappa shape index (κ2) is 6.39. The number of ether oxygens (including phenoxy) is 1. The molecule has 0 aromatic heterocycles. The van der Waals surface area contributed by atoms with Crippen molar-refractivity contribution in [1.29, 1.82) is 0 Å². The number of hydrogen-bond donors (Lipinski definition) is 1. The number of aliphatic hydroxyl groups is 1. The van der Waals surface area contributed by atoms with E-state index < -0.39 is 11.8 Å². The summed E-state index contributed by atoms with van der Waals surface area (Å²) >= 11 is 0. The molecule has 0 bridgehead atoms. The molecule has 1 aromatic rings. The molecule has 0 aliphatic rings. The highest BCUT2D eigenvalue weighted by atomic mass is 19.4. The summed E-state index contributed by atoms with van der Waals surface area (Å²) in [5.74, 6) is 0. The highest BCUT2D eigenvalue weighted by Crippen LogP contribution is 2.38. The summed E-state index contributed by atoms with van der Waals surface area (Å²) in [6, 6.07) is 5.64. The van der Waals surface area contributed by atoms with Crippen LogP contribution in [0.2, 0.25) is 0 Å². The number of aryl methyl sites for hydroxylation is 1. The van der Waals surface area contributed by atoms with Crippen molar-refractivity contribution in [3.8, 4) is 0 Å². The van der Waals surface area contributed by atoms with Crippen molar-refractivity contribution < 1.29 is 27.8 Å². The summed E-state index contributed by atoms with van der Waals surface area (Å²) in [7, 11) is 1.31. The highest BCUT2D eigenvalue weighted by molar-refractivity contribution is 5.36. The Hall–Kier alpha value is -1.56. The minimum Gasteiger partial charge on any atom is -0.471 e. The Morgan fingerprint density at radius 2 is 1.61 bits per heavy atom. The molecule has 3 nitrogen and oxygen atoms in total. The van der Waals surface area contributed by atoms with Crippen LogP contribution < -0.4 is 0 Å². The van der Waals surface area contributed by atoms with Crippen LogP contribution in [0.3, 0.4) is 0 Å². The van der Waals surface area contributed by atoms with Gasteiger partial charge in [0.05, 0.1) is 7.11 Å². The number of methoxy groups -OCH3 is 1. The first kappa shape index (κ1) is 16.4. The third-order valence-electron chi connectivity index (χ3n) is 2.26. The van der Waals surface area contributed by atoms with Crippen LogP contribution >= 0.6 is 0 Å². The Morgan fingerprint density at radius 1 is 1.22 bits per heavy atom. The summed E-state index contributed by atoms with van der Waals surface area (Å²) < 4.78 is 41.0. The lowest BCUT2D eigenvalue weighted by atomic mass is 9.95. The highest BCUT2D eigenvalue weighted by Gasteiger charge is 2.50. The largest absolute Gasteiger partial charge is 0.471 e. The van der Waals surface area contributed by atoms with Crippen LogP contribution in [-0.2, 0) is 15.1 Å². The van der Waals surface area contributed by atoms with Gasteiger partial charge in [-0.1, -0.05) is 29.8 Å². The van der Waals surface area contributed by atoms with Crippen LogP contribution in [0.4, 0.5) is 13.2 Å². The van der Waals surface area contributed by atoms with Crippen molar-refractivity contribution in [1.82, 2.24) is 0 Å². The van der Waals surface area contributed by atoms with Crippen LogP contribution in [0.5, 0.6) is 0 Å². The molecule has 0 aliphatic heterocycles. The van der Waals surface area contributed by atoms with Crippen molar-refractivity contribution in [2.24, 2.45) is 0 Å². The Kier molecular flexibility index (Phi) is 5.84. The van der Waals surface area contributed by atoms with Crippen molar-refractivity contribution in [3.63, 3.8) is 0 Å². The molecule has 1 aromatic carbocycles. The fourth-order valence-corrected chi connectivity index (χ4v) is 1.04. The van der Waals surface area contributed by atoms with E-state index in [0.29, 0.717) is 6.47 Å². The number of hydrogen-bond acceptors (Lipinski definition) is 3. The molecule has 1 rings (SSSR count). The van der Waals surface area contributed by atoms with Crippen molar-refractivity contribution in [2.75, 3.05) is 7.11 Å². The van der Waals surface area contributed by atoms with Crippen molar-refractivity contribution >= 4 is 6.47 Å². The second-order valence-corrected chi connectivity index (χ2v) is 3.77. The standard InChI is InChI=1S/C10H11F3O.C2H4O2/c1-7-3-5-8(6-4-7)9(2,14)10(11,12)13;1-4-2-3/h3-6,14H,1-2H3;2H,1H3. The average Bonchev–Trinajstić information content (AvgIpc) is 2.28. The lowest BCUT2D eigenvalue weighted by Crippen LogP contribution is -2.39. The smallest absolute Gasteiger partial charge is 0.421 e. The van der Waals surface area contributed by atoms with Gasteiger partial charge in [0.2, 0.25) is 0 Å². The predicted molar refractivity (Wildman–Crippen MR) is 59.9 cm³/mol. The molecule has 102 valence electrons. The molecular weight excluding hydrogens is 249 g/mol. The molecule has 0 radical (unpaired) electrons. The first-order valence-corrected chi connectivity index (χ1v) is 4.99. The number of rotatable bonds is 2. The molecular formula is C12H15F3O3. The zero-order valence-corrected chi connectivity index (χ0v) is 10.3. The van der Waals surface area contributed by atoms with E-state index in [4.69, 9.17) is 4.79 Å². The van der Waals surface area contributed by atoms with E-state index in [1.807, 2.05) is 0 Å². The van der Waals surface area contributed by atoms with Gasteiger partial charge in [-0.05, 0) is 19.4 Å². The Morgan fingerprint density at radius 3 is 1.89 bits per heavy atom. The minimum atomic E-state index is -4.65. The number of alkyl halides is 3. The monoisotopic (exact) mass is 264 g/mol. The van der Waals surface area contributed by atoms with Crippen LogP contribution in [0, 0.1) is 6.92 Å². The molecule has 0 aliphatic carbocycles. The molecule has 0 fully saturated rings. The molecule has 18 heavy (non-hydrogen) atoms. The van der Waals surface area contributed by atoms with E-state index in [1.165, 1.54) is 31.4 Å². The summed E-state index contributed by atoms with van der Waals surface area (Å²) in [5, 5.41) is 9.29. The molecule has 1 N–H and O–H groups in total. The Balaban J connectivity index is 0.000000631. The van der Waals surface area contributed by atoms with Gasteiger partial charge in [0.1, 0.15) is 0 Å². The zero-order valence-electron chi connectivity index (χ0n) is 10.3. The molecule has 0 heterocycles. The van der Waals surface area contributed by atoms with E-state index in [9.17, 15) is 18.3 Å². The number of carbonyl (C=O) groups excluding carboxylic acids is 1. The third kappa shape index (κ3) is 4.37. The normalized spacial score (nSPS) is 13.9. The van der Waals surface area contributed by atoms with Crippen molar-refractivity contribution in [2.45, 2.75) is 25.6 Å². The second-order valence-electron chi connectivity index (χ2n) is 3.77. The maximum absolute atomic E-state index is 12.4. The van der Waals surface area contributed by atoms with Gasteiger partial charge in [0.25, 0.3) is 6.47 Å². The fraction of sp³-hybridized carbons (Fsp3) is 0.417. The van der Waals surface area contributed by atoms with Crippen LogP contribution in [0.25, 0.3) is 0 Å². The summed E-state index contributed by atoms with van der Waals surface area (Å²) in [4.78, 5) is 8.95. The topological polar surface area (TPSA) is 46.5 Å². The number of carbonyl (C=O) groups is 1. The minimum absolute atomic E-state index is 0.143. The Labute approximate surface area is 103 Å². The van der Waals surface area contributed by atoms with E-state index in [0.717, 1.165) is 12.5 Å². The summed E-state index contributed by atoms with van der Waals surface area (Å²) in [6.07, 6.45) is -4.65. The molecule has 6 heteroatoms. The molecule has 0 saturated heterocycles. The first-order valence-electron chi connectivity index (χ1n) is 4.99. The molecule has 0 spiro atoms. The molecule has 0 amide bonds. The van der Waals surface area contributed by atoms with Gasteiger partial charge < -0.3 is 9.84 Å².